The van der Waals surface area contributed by atoms with Crippen molar-refractivity contribution >= 4 is 5.82 Å². The highest BCUT2D eigenvalue weighted by atomic mass is 16.5. The van der Waals surface area contributed by atoms with E-state index in [0.717, 1.165) is 6.42 Å². The highest BCUT2D eigenvalue weighted by Crippen LogP contribution is 2.10. The molecule has 0 bridgehead atoms. The van der Waals surface area contributed by atoms with E-state index in [1.807, 2.05) is 27.8 Å². The zero-order valence-electron chi connectivity index (χ0n) is 12.7. The summed E-state index contributed by atoms with van der Waals surface area (Å²) < 4.78 is 6.90. The molecule has 0 aromatic carbocycles. The second-order valence-corrected chi connectivity index (χ2v) is 3.90. The fourth-order valence-electron chi connectivity index (χ4n) is 1.58. The average molecular weight is 286 g/mol. The van der Waals surface area contributed by atoms with Crippen LogP contribution in [-0.4, -0.2) is 41.0 Å². The lowest BCUT2D eigenvalue weighted by atomic mass is 10.3. The summed E-state index contributed by atoms with van der Waals surface area (Å²) in [5, 5.41) is 12.3. The first-order valence-corrected chi connectivity index (χ1v) is 6.88. The molecule has 0 saturated carbocycles. The number of nitrogens with two attached hydrogens (primary N) is 1. The molecule has 0 radical (unpaired) electrons. The molecule has 0 saturated heterocycles. The van der Waals surface area contributed by atoms with Crippen molar-refractivity contribution in [2.45, 2.75) is 39.5 Å². The van der Waals surface area contributed by atoms with Crippen molar-refractivity contribution in [2.75, 3.05) is 25.9 Å². The molecule has 0 aliphatic rings. The lowest BCUT2D eigenvalue weighted by Gasteiger charge is -2.23. The standard InChI is InChI=1S/C11H20N4O3.C2H6/c1-3-8(6-13-2)18-10(7-16)15-5-4-9(12)14-11(15)17;1-2/h4-5,8,10,13,16H,3,6-7H2,1-2H3,(H2,12,14,17);1-2H3. The van der Waals surface area contributed by atoms with Crippen LogP contribution in [0.25, 0.3) is 0 Å². The van der Waals surface area contributed by atoms with Crippen LogP contribution in [0.5, 0.6) is 0 Å². The van der Waals surface area contributed by atoms with Gasteiger partial charge < -0.3 is 20.9 Å². The van der Waals surface area contributed by atoms with Gasteiger partial charge in [-0.15, -0.1) is 0 Å². The summed E-state index contributed by atoms with van der Waals surface area (Å²) >= 11 is 0. The van der Waals surface area contributed by atoms with Crippen LogP contribution < -0.4 is 16.7 Å². The van der Waals surface area contributed by atoms with E-state index >= 15 is 0 Å². The summed E-state index contributed by atoms with van der Waals surface area (Å²) in [7, 11) is 1.82. The third-order valence-electron chi connectivity index (χ3n) is 2.55. The summed E-state index contributed by atoms with van der Waals surface area (Å²) in [6, 6.07) is 1.49. The monoisotopic (exact) mass is 286 g/mol. The fourth-order valence-corrected chi connectivity index (χ4v) is 1.58. The number of nitrogen functional groups attached to an aromatic ring is 1. The number of aromatic nitrogens is 2. The number of aliphatic hydroxyl groups is 1. The lowest BCUT2D eigenvalue weighted by Crippen LogP contribution is -2.35. The van der Waals surface area contributed by atoms with Gasteiger partial charge >= 0.3 is 5.69 Å². The maximum Gasteiger partial charge on any atom is 0.351 e. The van der Waals surface area contributed by atoms with Gasteiger partial charge in [-0.05, 0) is 19.5 Å². The molecule has 0 aliphatic heterocycles. The molecule has 0 amide bonds. The van der Waals surface area contributed by atoms with E-state index in [2.05, 4.69) is 10.3 Å². The van der Waals surface area contributed by atoms with E-state index in [9.17, 15) is 9.90 Å². The SMILES string of the molecule is CC.CCC(CNC)OC(CO)n1ccc(N)nc1=O. The highest BCUT2D eigenvalue weighted by Gasteiger charge is 2.17. The summed E-state index contributed by atoms with van der Waals surface area (Å²) in [6.45, 7) is 6.32. The van der Waals surface area contributed by atoms with Crippen LogP contribution in [0.3, 0.4) is 0 Å². The largest absolute Gasteiger partial charge is 0.392 e. The maximum absolute atomic E-state index is 11.6. The Balaban J connectivity index is 0.00000172. The van der Waals surface area contributed by atoms with Crippen LogP contribution in [-0.2, 0) is 4.74 Å². The van der Waals surface area contributed by atoms with Gasteiger partial charge in [0.2, 0.25) is 0 Å². The van der Waals surface area contributed by atoms with Gasteiger partial charge in [0.1, 0.15) is 5.82 Å². The molecule has 4 N–H and O–H groups in total. The van der Waals surface area contributed by atoms with Crippen molar-refractivity contribution in [1.29, 1.82) is 0 Å². The number of hydrogen-bond acceptors (Lipinski definition) is 6. The molecule has 7 heteroatoms. The van der Waals surface area contributed by atoms with Crippen LogP contribution in [0.4, 0.5) is 5.82 Å². The van der Waals surface area contributed by atoms with Crippen LogP contribution in [0, 0.1) is 0 Å². The smallest absolute Gasteiger partial charge is 0.351 e. The molecule has 1 aromatic heterocycles. The number of anilines is 1. The van der Waals surface area contributed by atoms with Crippen LogP contribution in [0.1, 0.15) is 33.4 Å². The first-order chi connectivity index (χ1) is 9.62. The second kappa shape index (κ2) is 10.4. The minimum absolute atomic E-state index is 0.0865. The van der Waals surface area contributed by atoms with Crippen molar-refractivity contribution in [3.63, 3.8) is 0 Å². The fraction of sp³-hybridized carbons (Fsp3) is 0.692. The van der Waals surface area contributed by atoms with Gasteiger partial charge in [0, 0.05) is 12.7 Å². The molecule has 0 fully saturated rings. The Kier molecular flexibility index (Phi) is 9.61. The molecule has 116 valence electrons. The molecule has 1 heterocycles. The van der Waals surface area contributed by atoms with E-state index in [0.29, 0.717) is 6.54 Å². The minimum atomic E-state index is -0.746. The van der Waals surface area contributed by atoms with E-state index < -0.39 is 11.9 Å². The predicted octanol–water partition coefficient (Wildman–Crippen LogP) is 0.357. The van der Waals surface area contributed by atoms with Crippen molar-refractivity contribution in [3.8, 4) is 0 Å². The number of aliphatic hydroxyl groups excluding tert-OH is 1. The van der Waals surface area contributed by atoms with E-state index in [-0.39, 0.29) is 18.5 Å². The summed E-state index contributed by atoms with van der Waals surface area (Å²) in [5.74, 6) is 0.148. The van der Waals surface area contributed by atoms with Gasteiger partial charge in [-0.25, -0.2) is 4.79 Å². The Labute approximate surface area is 119 Å². The topological polar surface area (TPSA) is 102 Å². The Morgan fingerprint density at radius 2 is 2.20 bits per heavy atom. The van der Waals surface area contributed by atoms with Gasteiger partial charge in [-0.3, -0.25) is 4.57 Å². The van der Waals surface area contributed by atoms with Crippen molar-refractivity contribution in [2.24, 2.45) is 0 Å². The Morgan fingerprint density at radius 3 is 2.65 bits per heavy atom. The average Bonchev–Trinajstić information content (AvgIpc) is 2.46. The quantitative estimate of drug-likeness (QED) is 0.669. The molecule has 1 rings (SSSR count). The zero-order valence-corrected chi connectivity index (χ0v) is 12.7. The highest BCUT2D eigenvalue weighted by molar-refractivity contribution is 5.23. The first kappa shape index (κ1) is 18.6. The minimum Gasteiger partial charge on any atom is -0.392 e. The van der Waals surface area contributed by atoms with E-state index in [4.69, 9.17) is 10.5 Å². The molecule has 1 aromatic rings. The van der Waals surface area contributed by atoms with Gasteiger partial charge in [0.15, 0.2) is 6.23 Å². The van der Waals surface area contributed by atoms with Gasteiger partial charge in [-0.1, -0.05) is 20.8 Å². The van der Waals surface area contributed by atoms with Crippen LogP contribution >= 0.6 is 0 Å². The maximum atomic E-state index is 11.6. The van der Waals surface area contributed by atoms with Crippen molar-refractivity contribution < 1.29 is 9.84 Å². The molecule has 0 aliphatic carbocycles. The molecule has 7 nitrogen and oxygen atoms in total. The third-order valence-corrected chi connectivity index (χ3v) is 2.55. The van der Waals surface area contributed by atoms with E-state index in [1.165, 1.54) is 16.8 Å². The second-order valence-electron chi connectivity index (χ2n) is 3.90. The van der Waals surface area contributed by atoms with Crippen molar-refractivity contribution in [3.05, 3.63) is 22.7 Å². The van der Waals surface area contributed by atoms with Gasteiger partial charge in [0.25, 0.3) is 0 Å². The number of ether oxygens (including phenoxy) is 1. The summed E-state index contributed by atoms with van der Waals surface area (Å²) in [6.07, 6.45) is 1.41. The number of nitrogens with one attached hydrogen (secondary N) is 1. The summed E-state index contributed by atoms with van der Waals surface area (Å²) in [5.41, 5.74) is 4.87. The number of rotatable bonds is 7. The van der Waals surface area contributed by atoms with Crippen LogP contribution in [0.15, 0.2) is 17.1 Å². The van der Waals surface area contributed by atoms with Crippen LogP contribution in [0.2, 0.25) is 0 Å². The molecule has 20 heavy (non-hydrogen) atoms. The lowest BCUT2D eigenvalue weighted by molar-refractivity contribution is -0.0818. The zero-order chi connectivity index (χ0) is 15.5. The normalized spacial score (nSPS) is 13.2. The molecular formula is C13H26N4O3. The first-order valence-electron chi connectivity index (χ1n) is 6.88. The Morgan fingerprint density at radius 1 is 1.55 bits per heavy atom. The number of hydrogen-bond donors (Lipinski definition) is 3. The molecule has 0 spiro atoms. The molecule has 2 atom stereocenters. The van der Waals surface area contributed by atoms with Gasteiger partial charge in [-0.2, -0.15) is 4.98 Å². The third kappa shape index (κ3) is 5.68. The Bertz CT molecular complexity index is 422. The van der Waals surface area contributed by atoms with Crippen molar-refractivity contribution in [1.82, 2.24) is 14.9 Å². The number of likely N-dealkylation sites (N-methyl/N-ethyl adjacent to an activating group) is 1. The predicted molar refractivity (Wildman–Crippen MR) is 79.5 cm³/mol. The molecule has 2 unspecified atom stereocenters. The molecular weight excluding hydrogens is 260 g/mol. The van der Waals surface area contributed by atoms with Gasteiger partial charge in [0.05, 0.1) is 12.7 Å². The Hall–Kier alpha value is -1.44. The summed E-state index contributed by atoms with van der Waals surface area (Å²) in [4.78, 5) is 15.2. The number of nitrogens with zero attached hydrogens (tertiary/aromatic N) is 2. The van der Waals surface area contributed by atoms with E-state index in [1.54, 1.807) is 0 Å².